The SMILES string of the molecule is CSc1nc2c(F)c(Cl)nc(O[C@H](C)[C@H]3NC[C@@H]4CC[C@@H]3N4C(=O)OC(C)(C)C)c2c(=O)[nH]1. The van der Waals surface area contributed by atoms with Crippen LogP contribution in [0, 0.1) is 5.82 Å². The number of thioether (sulfide) groups is 1. The van der Waals surface area contributed by atoms with Crippen LogP contribution in [0.15, 0.2) is 9.95 Å². The first-order valence-corrected chi connectivity index (χ1v) is 12.3. The maximum absolute atomic E-state index is 14.6. The number of hydrogen-bond acceptors (Lipinski definition) is 8. The molecule has 33 heavy (non-hydrogen) atoms. The van der Waals surface area contributed by atoms with E-state index in [1.807, 2.05) is 27.7 Å². The van der Waals surface area contributed by atoms with Crippen LogP contribution in [0.5, 0.6) is 5.88 Å². The van der Waals surface area contributed by atoms with E-state index in [4.69, 9.17) is 21.1 Å². The smallest absolute Gasteiger partial charge is 0.410 e. The van der Waals surface area contributed by atoms with Crippen molar-refractivity contribution in [3.63, 3.8) is 0 Å². The Morgan fingerprint density at radius 1 is 1.33 bits per heavy atom. The van der Waals surface area contributed by atoms with E-state index >= 15 is 0 Å². The number of ether oxygens (including phenoxy) is 2. The summed E-state index contributed by atoms with van der Waals surface area (Å²) in [5, 5.41) is 3.16. The standard InChI is InChI=1S/C21H27ClFN5O4S/c1-9(14-11-7-6-10(8-24-14)28(11)20(30)32-21(2,3)4)31-18-12-15(13(23)16(22)26-18)25-19(33-5)27-17(12)29/h9-11,14,24H,6-8H2,1-5H3,(H,25,27,29)/t9-,10+,11+,14-/m1/s1. The summed E-state index contributed by atoms with van der Waals surface area (Å²) in [6, 6.07) is -0.366. The second-order valence-electron chi connectivity index (χ2n) is 9.26. The molecule has 2 aromatic rings. The Balaban J connectivity index is 1.63. The topological polar surface area (TPSA) is 109 Å². The molecule has 4 rings (SSSR count). The first-order valence-electron chi connectivity index (χ1n) is 10.7. The zero-order valence-corrected chi connectivity index (χ0v) is 20.6. The number of H-pyrrole nitrogens is 1. The molecule has 0 unspecified atom stereocenters. The van der Waals surface area contributed by atoms with Gasteiger partial charge in [-0.05, 0) is 46.8 Å². The van der Waals surface area contributed by atoms with Crippen LogP contribution in [0.1, 0.15) is 40.5 Å². The molecule has 2 aliphatic heterocycles. The summed E-state index contributed by atoms with van der Waals surface area (Å²) >= 11 is 7.16. The Kier molecular flexibility index (Phi) is 6.49. The minimum absolute atomic E-state index is 0.0459. The largest absolute Gasteiger partial charge is 0.472 e. The minimum Gasteiger partial charge on any atom is -0.472 e. The number of halogens is 2. The lowest BCUT2D eigenvalue weighted by atomic mass is 10.0. The average molecular weight is 500 g/mol. The number of carbonyl (C=O) groups is 1. The van der Waals surface area contributed by atoms with E-state index in [1.165, 1.54) is 11.8 Å². The number of nitrogens with one attached hydrogen (secondary N) is 2. The number of rotatable bonds is 4. The van der Waals surface area contributed by atoms with Crippen LogP contribution in [-0.2, 0) is 4.74 Å². The van der Waals surface area contributed by atoms with E-state index in [2.05, 4.69) is 20.3 Å². The molecule has 12 heteroatoms. The molecular formula is C21H27ClFN5O4S. The molecule has 2 aromatic heterocycles. The molecule has 180 valence electrons. The van der Waals surface area contributed by atoms with Gasteiger partial charge in [-0.1, -0.05) is 23.4 Å². The highest BCUT2D eigenvalue weighted by Crippen LogP contribution is 2.34. The number of piperazine rings is 1. The average Bonchev–Trinajstić information content (AvgIpc) is 3.03. The molecule has 1 amide bonds. The lowest BCUT2D eigenvalue weighted by Crippen LogP contribution is -2.64. The third-order valence-corrected chi connectivity index (χ3v) is 6.68. The van der Waals surface area contributed by atoms with Crippen molar-refractivity contribution in [3.05, 3.63) is 21.3 Å². The molecule has 2 bridgehead atoms. The van der Waals surface area contributed by atoms with Crippen molar-refractivity contribution in [1.29, 1.82) is 0 Å². The van der Waals surface area contributed by atoms with Gasteiger partial charge < -0.3 is 19.8 Å². The molecule has 4 atom stereocenters. The molecular weight excluding hydrogens is 473 g/mol. The van der Waals surface area contributed by atoms with Crippen molar-refractivity contribution < 1.29 is 18.7 Å². The molecule has 2 saturated heterocycles. The lowest BCUT2D eigenvalue weighted by Gasteiger charge is -2.42. The highest BCUT2D eigenvalue weighted by atomic mass is 35.5. The van der Waals surface area contributed by atoms with Crippen LogP contribution in [0.4, 0.5) is 9.18 Å². The lowest BCUT2D eigenvalue weighted by molar-refractivity contribution is -0.00492. The van der Waals surface area contributed by atoms with E-state index in [9.17, 15) is 14.0 Å². The number of hydrogen-bond donors (Lipinski definition) is 2. The van der Waals surface area contributed by atoms with Gasteiger partial charge in [-0.2, -0.15) is 4.98 Å². The fourth-order valence-electron chi connectivity index (χ4n) is 4.48. The van der Waals surface area contributed by atoms with Crippen molar-refractivity contribution in [3.8, 4) is 5.88 Å². The summed E-state index contributed by atoms with van der Waals surface area (Å²) < 4.78 is 26.3. The molecule has 0 radical (unpaired) electrons. The van der Waals surface area contributed by atoms with Gasteiger partial charge in [-0.15, -0.1) is 0 Å². The number of amides is 1. The van der Waals surface area contributed by atoms with Crippen molar-refractivity contribution in [1.82, 2.24) is 25.2 Å². The van der Waals surface area contributed by atoms with Crippen LogP contribution in [0.25, 0.3) is 10.9 Å². The highest BCUT2D eigenvalue weighted by Gasteiger charge is 2.48. The number of nitrogens with zero attached hydrogens (tertiary/aromatic N) is 3. The second kappa shape index (κ2) is 8.92. The number of fused-ring (bicyclic) bond motifs is 3. The van der Waals surface area contributed by atoms with Crippen molar-refractivity contribution in [2.75, 3.05) is 12.8 Å². The van der Waals surface area contributed by atoms with Gasteiger partial charge in [0, 0.05) is 12.6 Å². The first kappa shape index (κ1) is 24.0. The maximum Gasteiger partial charge on any atom is 0.410 e. The van der Waals surface area contributed by atoms with Gasteiger partial charge in [0.15, 0.2) is 16.1 Å². The normalized spacial score (nSPS) is 23.6. The molecule has 2 fully saturated rings. The van der Waals surface area contributed by atoms with Crippen molar-refractivity contribution in [2.24, 2.45) is 0 Å². The molecule has 0 spiro atoms. The summed E-state index contributed by atoms with van der Waals surface area (Å²) in [5.41, 5.74) is -1.36. The fourth-order valence-corrected chi connectivity index (χ4v) is 5.03. The van der Waals surface area contributed by atoms with E-state index in [0.717, 1.165) is 12.8 Å². The molecule has 2 N–H and O–H groups in total. The Bertz CT molecular complexity index is 1140. The fraction of sp³-hybridized carbons (Fsp3) is 0.619. The number of carbonyl (C=O) groups excluding carboxylic acids is 1. The van der Waals surface area contributed by atoms with Gasteiger partial charge >= 0.3 is 6.09 Å². The number of pyridine rings is 1. The van der Waals surface area contributed by atoms with Gasteiger partial charge in [-0.3, -0.25) is 9.69 Å². The summed E-state index contributed by atoms with van der Waals surface area (Å²) in [7, 11) is 0. The molecule has 2 aliphatic rings. The van der Waals surface area contributed by atoms with Crippen molar-refractivity contribution in [2.45, 2.75) is 75.5 Å². The molecule has 0 aliphatic carbocycles. The Labute approximate surface area is 199 Å². The van der Waals surface area contributed by atoms with Crippen LogP contribution >= 0.6 is 23.4 Å². The monoisotopic (exact) mass is 499 g/mol. The molecule has 9 nitrogen and oxygen atoms in total. The van der Waals surface area contributed by atoms with Gasteiger partial charge in [0.05, 0.1) is 12.1 Å². The van der Waals surface area contributed by atoms with Crippen LogP contribution in [0.2, 0.25) is 5.15 Å². The minimum atomic E-state index is -0.876. The Hall–Kier alpha value is -2.11. The molecule has 0 aromatic carbocycles. The summed E-state index contributed by atoms with van der Waals surface area (Å²) in [6.07, 6.45) is 2.48. The predicted octanol–water partition coefficient (Wildman–Crippen LogP) is 3.34. The third kappa shape index (κ3) is 4.63. The quantitative estimate of drug-likeness (QED) is 0.374. The summed E-state index contributed by atoms with van der Waals surface area (Å²) in [5.74, 6) is -0.977. The Morgan fingerprint density at radius 2 is 2.06 bits per heavy atom. The summed E-state index contributed by atoms with van der Waals surface area (Å²) in [6.45, 7) is 7.90. The zero-order valence-electron chi connectivity index (χ0n) is 19.1. The summed E-state index contributed by atoms with van der Waals surface area (Å²) in [4.78, 5) is 38.1. The predicted molar refractivity (Wildman–Crippen MR) is 124 cm³/mol. The van der Waals surface area contributed by atoms with E-state index in [-0.39, 0.29) is 46.2 Å². The second-order valence-corrected chi connectivity index (χ2v) is 10.4. The van der Waals surface area contributed by atoms with E-state index in [1.54, 1.807) is 11.2 Å². The van der Waals surface area contributed by atoms with E-state index in [0.29, 0.717) is 6.54 Å². The van der Waals surface area contributed by atoms with Gasteiger partial charge in [-0.25, -0.2) is 14.2 Å². The van der Waals surface area contributed by atoms with Crippen LogP contribution in [0.3, 0.4) is 0 Å². The van der Waals surface area contributed by atoms with Gasteiger partial charge in [0.25, 0.3) is 5.56 Å². The highest BCUT2D eigenvalue weighted by molar-refractivity contribution is 7.98. The van der Waals surface area contributed by atoms with Crippen LogP contribution < -0.4 is 15.6 Å². The van der Waals surface area contributed by atoms with Gasteiger partial charge in [0.2, 0.25) is 5.88 Å². The maximum atomic E-state index is 14.6. The van der Waals surface area contributed by atoms with Crippen molar-refractivity contribution >= 4 is 40.4 Å². The molecule has 0 saturated carbocycles. The zero-order chi connectivity index (χ0) is 24.1. The Morgan fingerprint density at radius 3 is 2.73 bits per heavy atom. The van der Waals surface area contributed by atoms with Crippen LogP contribution in [-0.4, -0.2) is 68.6 Å². The van der Waals surface area contributed by atoms with Gasteiger partial charge in [0.1, 0.15) is 22.6 Å². The first-order chi connectivity index (χ1) is 15.5. The number of aromatic amines is 1. The number of aromatic nitrogens is 3. The third-order valence-electron chi connectivity index (χ3n) is 5.85. The van der Waals surface area contributed by atoms with E-state index < -0.39 is 28.2 Å². The molecule has 4 heterocycles.